The van der Waals surface area contributed by atoms with Crippen LogP contribution in [0.5, 0.6) is 0 Å². The largest absolute Gasteiger partial charge is 0.379 e. The maximum absolute atomic E-state index is 12.7. The molecule has 0 aliphatic carbocycles. The zero-order valence-corrected chi connectivity index (χ0v) is 16.5. The van der Waals surface area contributed by atoms with Gasteiger partial charge >= 0.3 is 0 Å². The number of nitrogens with one attached hydrogen (secondary N) is 2. The first kappa shape index (κ1) is 21.3. The van der Waals surface area contributed by atoms with Gasteiger partial charge in [0.05, 0.1) is 18.1 Å². The Hall–Kier alpha value is -1.97. The normalized spacial score (nSPS) is 16.5. The highest BCUT2D eigenvalue weighted by Gasteiger charge is 2.26. The van der Waals surface area contributed by atoms with Crippen molar-refractivity contribution in [3.63, 3.8) is 0 Å². The Morgan fingerprint density at radius 2 is 1.96 bits per heavy atom. The van der Waals surface area contributed by atoms with E-state index in [2.05, 4.69) is 10.6 Å². The fourth-order valence-corrected chi connectivity index (χ4v) is 4.03. The summed E-state index contributed by atoms with van der Waals surface area (Å²) in [7, 11) is -3.66. The molecular weight excluding hydrogens is 370 g/mol. The van der Waals surface area contributed by atoms with E-state index >= 15 is 0 Å². The zero-order chi connectivity index (χ0) is 19.9. The van der Waals surface area contributed by atoms with Gasteiger partial charge in [0.1, 0.15) is 0 Å². The molecule has 1 aromatic rings. The standard InChI is InChI=1S/C18H27N3O5S/c1-3-14(2)20-17(22)7-8-19-18(23)15-5-4-6-16(13-15)27(24,25)21-9-11-26-12-10-21/h4-6,13-14H,3,7-12H2,1-2H3,(H,19,23)(H,20,22). The monoisotopic (exact) mass is 397 g/mol. The van der Waals surface area contributed by atoms with Crippen LogP contribution in [0.4, 0.5) is 0 Å². The summed E-state index contributed by atoms with van der Waals surface area (Å²) < 4.78 is 31.9. The molecule has 2 rings (SSSR count). The van der Waals surface area contributed by atoms with Crippen molar-refractivity contribution >= 4 is 21.8 Å². The number of carbonyl (C=O) groups excluding carboxylic acids is 2. The average molecular weight is 397 g/mol. The summed E-state index contributed by atoms with van der Waals surface area (Å²) in [5.74, 6) is -0.543. The number of hydrogen-bond donors (Lipinski definition) is 2. The van der Waals surface area contributed by atoms with Crippen LogP contribution in [0.3, 0.4) is 0 Å². The van der Waals surface area contributed by atoms with E-state index in [1.54, 1.807) is 6.07 Å². The number of hydrogen-bond acceptors (Lipinski definition) is 5. The maximum Gasteiger partial charge on any atom is 0.251 e. The molecule has 0 bridgehead atoms. The lowest BCUT2D eigenvalue weighted by molar-refractivity contribution is -0.121. The van der Waals surface area contributed by atoms with Gasteiger partial charge in [-0.2, -0.15) is 4.31 Å². The molecule has 1 unspecified atom stereocenters. The van der Waals surface area contributed by atoms with Gasteiger partial charge in [0.2, 0.25) is 15.9 Å². The van der Waals surface area contributed by atoms with Crippen LogP contribution in [0.1, 0.15) is 37.0 Å². The summed E-state index contributed by atoms with van der Waals surface area (Å²) in [5.41, 5.74) is 0.242. The van der Waals surface area contributed by atoms with E-state index < -0.39 is 15.9 Å². The number of benzene rings is 1. The number of morpholine rings is 1. The Morgan fingerprint density at radius 1 is 1.26 bits per heavy atom. The van der Waals surface area contributed by atoms with Gasteiger partial charge in [-0.25, -0.2) is 8.42 Å². The minimum Gasteiger partial charge on any atom is -0.379 e. The summed E-state index contributed by atoms with van der Waals surface area (Å²) in [6.07, 6.45) is 1.00. The predicted octanol–water partition coefficient (Wildman–Crippen LogP) is 0.742. The van der Waals surface area contributed by atoms with Crippen LogP contribution in [-0.4, -0.2) is 63.4 Å². The average Bonchev–Trinajstić information content (AvgIpc) is 2.68. The second-order valence-electron chi connectivity index (χ2n) is 6.43. The van der Waals surface area contributed by atoms with Crippen molar-refractivity contribution in [2.75, 3.05) is 32.8 Å². The molecule has 1 atom stereocenters. The molecule has 1 aliphatic heterocycles. The smallest absolute Gasteiger partial charge is 0.251 e. The number of sulfonamides is 1. The van der Waals surface area contributed by atoms with E-state index in [0.717, 1.165) is 6.42 Å². The lowest BCUT2D eigenvalue weighted by Crippen LogP contribution is -2.40. The first-order chi connectivity index (χ1) is 12.8. The molecule has 0 aromatic heterocycles. The van der Waals surface area contributed by atoms with Crippen LogP contribution in [0.2, 0.25) is 0 Å². The van der Waals surface area contributed by atoms with Crippen LogP contribution in [0.15, 0.2) is 29.2 Å². The van der Waals surface area contributed by atoms with Gasteiger partial charge in [-0.1, -0.05) is 13.0 Å². The van der Waals surface area contributed by atoms with Crippen molar-refractivity contribution in [2.45, 2.75) is 37.6 Å². The fraction of sp³-hybridized carbons (Fsp3) is 0.556. The van der Waals surface area contributed by atoms with Gasteiger partial charge in [0.15, 0.2) is 0 Å². The van der Waals surface area contributed by atoms with Crippen molar-refractivity contribution in [2.24, 2.45) is 0 Å². The van der Waals surface area contributed by atoms with Crippen LogP contribution >= 0.6 is 0 Å². The highest BCUT2D eigenvalue weighted by molar-refractivity contribution is 7.89. The molecule has 27 heavy (non-hydrogen) atoms. The SMILES string of the molecule is CCC(C)NC(=O)CCNC(=O)c1cccc(S(=O)(=O)N2CCOCC2)c1. The van der Waals surface area contributed by atoms with Gasteiger partial charge in [0.25, 0.3) is 5.91 Å². The summed E-state index contributed by atoms with van der Waals surface area (Å²) in [5, 5.41) is 5.47. The Balaban J connectivity index is 1.96. The van der Waals surface area contributed by atoms with Crippen LogP contribution in [0, 0.1) is 0 Å². The Morgan fingerprint density at radius 3 is 2.63 bits per heavy atom. The van der Waals surface area contributed by atoms with E-state index in [4.69, 9.17) is 4.74 Å². The first-order valence-electron chi connectivity index (χ1n) is 9.10. The van der Waals surface area contributed by atoms with Crippen LogP contribution in [-0.2, 0) is 19.6 Å². The van der Waals surface area contributed by atoms with Crippen molar-refractivity contribution in [1.82, 2.24) is 14.9 Å². The molecule has 1 fully saturated rings. The molecule has 0 spiro atoms. The topological polar surface area (TPSA) is 105 Å². The fourth-order valence-electron chi connectivity index (χ4n) is 2.57. The van der Waals surface area contributed by atoms with E-state index in [1.807, 2.05) is 13.8 Å². The lowest BCUT2D eigenvalue weighted by Gasteiger charge is -2.26. The van der Waals surface area contributed by atoms with E-state index in [1.165, 1.54) is 22.5 Å². The molecule has 9 heteroatoms. The second kappa shape index (κ2) is 9.82. The first-order valence-corrected chi connectivity index (χ1v) is 10.5. The Labute approximate surface area is 160 Å². The molecule has 8 nitrogen and oxygen atoms in total. The third-order valence-electron chi connectivity index (χ3n) is 4.36. The summed E-state index contributed by atoms with van der Waals surface area (Å²) in [6, 6.07) is 6.01. The zero-order valence-electron chi connectivity index (χ0n) is 15.7. The highest BCUT2D eigenvalue weighted by atomic mass is 32.2. The number of carbonyl (C=O) groups is 2. The van der Waals surface area contributed by atoms with E-state index in [0.29, 0.717) is 26.3 Å². The van der Waals surface area contributed by atoms with Crippen molar-refractivity contribution in [3.8, 4) is 0 Å². The third kappa shape index (κ3) is 6.02. The van der Waals surface area contributed by atoms with Gasteiger partial charge in [-0.15, -0.1) is 0 Å². The van der Waals surface area contributed by atoms with Crippen molar-refractivity contribution < 1.29 is 22.7 Å². The summed E-state index contributed by atoms with van der Waals surface area (Å²) in [6.45, 7) is 5.38. The highest BCUT2D eigenvalue weighted by Crippen LogP contribution is 2.18. The minimum absolute atomic E-state index is 0.0755. The minimum atomic E-state index is -3.66. The Bertz CT molecular complexity index is 760. The van der Waals surface area contributed by atoms with Crippen LogP contribution in [0.25, 0.3) is 0 Å². The molecule has 1 aromatic carbocycles. The molecule has 1 saturated heterocycles. The Kier molecular flexibility index (Phi) is 7.76. The van der Waals surface area contributed by atoms with Gasteiger partial charge in [-0.05, 0) is 31.5 Å². The number of amides is 2. The number of nitrogens with zero attached hydrogens (tertiary/aromatic N) is 1. The van der Waals surface area contributed by atoms with Gasteiger partial charge < -0.3 is 15.4 Å². The van der Waals surface area contributed by atoms with Crippen molar-refractivity contribution in [3.05, 3.63) is 29.8 Å². The van der Waals surface area contributed by atoms with Crippen molar-refractivity contribution in [1.29, 1.82) is 0 Å². The molecule has 2 N–H and O–H groups in total. The lowest BCUT2D eigenvalue weighted by atomic mass is 10.2. The number of rotatable bonds is 8. The third-order valence-corrected chi connectivity index (χ3v) is 6.26. The van der Waals surface area contributed by atoms with Gasteiger partial charge in [-0.3, -0.25) is 9.59 Å². The molecule has 2 amide bonds. The number of ether oxygens (including phenoxy) is 1. The van der Waals surface area contributed by atoms with Gasteiger partial charge in [0, 0.05) is 37.7 Å². The van der Waals surface area contributed by atoms with E-state index in [9.17, 15) is 18.0 Å². The summed E-state index contributed by atoms with van der Waals surface area (Å²) in [4.78, 5) is 24.1. The van der Waals surface area contributed by atoms with E-state index in [-0.39, 0.29) is 35.4 Å². The maximum atomic E-state index is 12.7. The molecule has 0 saturated carbocycles. The quantitative estimate of drug-likeness (QED) is 0.673. The molecule has 1 aliphatic rings. The molecular formula is C18H27N3O5S. The predicted molar refractivity (Wildman–Crippen MR) is 101 cm³/mol. The molecule has 0 radical (unpaired) electrons. The molecule has 1 heterocycles. The second-order valence-corrected chi connectivity index (χ2v) is 8.36. The van der Waals surface area contributed by atoms with Crippen LogP contribution < -0.4 is 10.6 Å². The summed E-state index contributed by atoms with van der Waals surface area (Å²) >= 11 is 0. The molecule has 150 valence electrons.